The molecule has 0 radical (unpaired) electrons. The average Bonchev–Trinajstić information content (AvgIpc) is 3.11. The van der Waals surface area contributed by atoms with Crippen molar-refractivity contribution in [3.63, 3.8) is 0 Å². The first-order chi connectivity index (χ1) is 13.6. The smallest absolute Gasteiger partial charge is 0.216 e. The quantitative estimate of drug-likeness (QED) is 0.483. The van der Waals surface area contributed by atoms with Gasteiger partial charge in [-0.15, -0.1) is 0 Å². The molecule has 0 aliphatic rings. The third kappa shape index (κ3) is 3.84. The van der Waals surface area contributed by atoms with E-state index in [9.17, 15) is 0 Å². The van der Waals surface area contributed by atoms with Crippen LogP contribution in [0.5, 0.6) is 23.0 Å². The molecule has 0 aliphatic heterocycles. The van der Waals surface area contributed by atoms with Crippen LogP contribution in [0, 0.1) is 4.77 Å². The second-order valence-corrected chi connectivity index (χ2v) is 5.99. The molecule has 0 saturated heterocycles. The Morgan fingerprint density at radius 3 is 2.32 bits per heavy atom. The van der Waals surface area contributed by atoms with Crippen molar-refractivity contribution in [2.75, 3.05) is 28.4 Å². The maximum Gasteiger partial charge on any atom is 0.216 e. The van der Waals surface area contributed by atoms with E-state index in [1.54, 1.807) is 46.8 Å². The first kappa shape index (κ1) is 19.4. The Morgan fingerprint density at radius 2 is 1.71 bits per heavy atom. The van der Waals surface area contributed by atoms with Crippen molar-refractivity contribution < 1.29 is 18.9 Å². The number of methoxy groups -OCH3 is 4. The molecule has 3 aromatic rings. The molecule has 1 heterocycles. The Hall–Kier alpha value is -3.33. The summed E-state index contributed by atoms with van der Waals surface area (Å²) in [5.41, 5.74) is 1.56. The lowest BCUT2D eigenvalue weighted by Gasteiger charge is -2.13. The van der Waals surface area contributed by atoms with Gasteiger partial charge in [-0.3, -0.25) is 0 Å². The lowest BCUT2D eigenvalue weighted by atomic mass is 10.1. The second kappa shape index (κ2) is 8.57. The number of H-pyrrole nitrogens is 1. The monoisotopic (exact) mass is 400 g/mol. The van der Waals surface area contributed by atoms with Gasteiger partial charge in [-0.1, -0.05) is 12.1 Å². The maximum absolute atomic E-state index is 5.41. The van der Waals surface area contributed by atoms with Crippen LogP contribution >= 0.6 is 12.2 Å². The van der Waals surface area contributed by atoms with Crippen LogP contribution < -0.4 is 18.9 Å². The number of ether oxygens (including phenoxy) is 4. The van der Waals surface area contributed by atoms with Crippen LogP contribution in [-0.2, 0) is 0 Å². The Bertz CT molecular complexity index is 1030. The summed E-state index contributed by atoms with van der Waals surface area (Å²) in [6.07, 6.45) is 1.68. The maximum atomic E-state index is 5.41. The van der Waals surface area contributed by atoms with Gasteiger partial charge >= 0.3 is 0 Å². The summed E-state index contributed by atoms with van der Waals surface area (Å²) in [5.74, 6) is 2.76. The largest absolute Gasteiger partial charge is 0.497 e. The molecule has 0 saturated carbocycles. The van der Waals surface area contributed by atoms with Gasteiger partial charge in [0.05, 0.1) is 34.7 Å². The molecule has 0 aliphatic carbocycles. The van der Waals surface area contributed by atoms with Crippen molar-refractivity contribution in [1.29, 1.82) is 0 Å². The second-order valence-electron chi connectivity index (χ2n) is 5.60. The molecule has 0 atom stereocenters. The predicted molar refractivity (Wildman–Crippen MR) is 108 cm³/mol. The van der Waals surface area contributed by atoms with Crippen LogP contribution in [0.4, 0.5) is 0 Å². The van der Waals surface area contributed by atoms with E-state index in [-0.39, 0.29) is 0 Å². The first-order valence-corrected chi connectivity index (χ1v) is 8.68. The molecule has 146 valence electrons. The molecule has 28 heavy (non-hydrogen) atoms. The van der Waals surface area contributed by atoms with Gasteiger partial charge in [0, 0.05) is 5.56 Å². The highest BCUT2D eigenvalue weighted by Crippen LogP contribution is 2.40. The third-order valence-electron chi connectivity index (χ3n) is 3.99. The standard InChI is InChI=1S/C19H20N4O4S/c1-24-14-7-5-6-12(8-14)11-20-23-18(21-22-19(23)28)13-9-15(25-2)17(27-4)16(10-13)26-3/h5-11H,1-4H3,(H,22,28)/b20-11-. The van der Waals surface area contributed by atoms with Crippen LogP contribution in [0.3, 0.4) is 0 Å². The van der Waals surface area contributed by atoms with Crippen LogP contribution in [0.15, 0.2) is 41.5 Å². The molecule has 2 aromatic carbocycles. The number of rotatable bonds is 7. The summed E-state index contributed by atoms with van der Waals surface area (Å²) < 4.78 is 23.3. The van der Waals surface area contributed by atoms with Gasteiger partial charge in [0.2, 0.25) is 10.5 Å². The van der Waals surface area contributed by atoms with Crippen molar-refractivity contribution >= 4 is 18.4 Å². The van der Waals surface area contributed by atoms with E-state index in [2.05, 4.69) is 15.3 Å². The number of aromatic nitrogens is 3. The third-order valence-corrected chi connectivity index (χ3v) is 4.25. The SMILES string of the molecule is COc1cccc(/C=N\n2c(-c3cc(OC)c(OC)c(OC)c3)n[nH]c2=S)c1. The van der Waals surface area contributed by atoms with Crippen molar-refractivity contribution in [2.24, 2.45) is 5.10 Å². The Labute approximate surface area is 167 Å². The summed E-state index contributed by atoms with van der Waals surface area (Å²) in [6.45, 7) is 0. The highest BCUT2D eigenvalue weighted by Gasteiger charge is 2.17. The van der Waals surface area contributed by atoms with Crippen LogP contribution in [0.2, 0.25) is 0 Å². The van der Waals surface area contributed by atoms with Crippen molar-refractivity contribution in [2.45, 2.75) is 0 Å². The molecular formula is C19H20N4O4S. The van der Waals surface area contributed by atoms with E-state index in [0.29, 0.717) is 33.4 Å². The fraction of sp³-hybridized carbons (Fsp3) is 0.211. The number of nitrogens with zero attached hydrogens (tertiary/aromatic N) is 3. The summed E-state index contributed by atoms with van der Waals surface area (Å²) in [4.78, 5) is 0. The minimum atomic E-state index is 0.350. The lowest BCUT2D eigenvalue weighted by Crippen LogP contribution is -1.99. The molecule has 0 bridgehead atoms. The van der Waals surface area contributed by atoms with E-state index in [1.807, 2.05) is 24.3 Å². The summed E-state index contributed by atoms with van der Waals surface area (Å²) >= 11 is 5.33. The number of benzene rings is 2. The molecule has 0 unspecified atom stereocenters. The molecule has 3 rings (SSSR count). The van der Waals surface area contributed by atoms with Crippen molar-refractivity contribution in [1.82, 2.24) is 14.9 Å². The number of hydrogen-bond acceptors (Lipinski definition) is 7. The Balaban J connectivity index is 2.06. The van der Waals surface area contributed by atoms with E-state index in [1.165, 1.54) is 4.68 Å². The molecule has 1 aromatic heterocycles. The fourth-order valence-corrected chi connectivity index (χ4v) is 2.82. The summed E-state index contributed by atoms with van der Waals surface area (Å²) in [5, 5.41) is 11.5. The van der Waals surface area contributed by atoms with E-state index >= 15 is 0 Å². The molecule has 0 fully saturated rings. The van der Waals surface area contributed by atoms with E-state index in [0.717, 1.165) is 11.3 Å². The highest BCUT2D eigenvalue weighted by molar-refractivity contribution is 7.71. The Kier molecular flexibility index (Phi) is 5.95. The molecule has 0 spiro atoms. The van der Waals surface area contributed by atoms with Crippen LogP contribution in [0.25, 0.3) is 11.4 Å². The highest BCUT2D eigenvalue weighted by atomic mass is 32.1. The number of nitrogens with one attached hydrogen (secondary N) is 1. The van der Waals surface area contributed by atoms with Gasteiger partial charge in [0.15, 0.2) is 17.3 Å². The molecule has 8 nitrogen and oxygen atoms in total. The van der Waals surface area contributed by atoms with Gasteiger partial charge in [-0.05, 0) is 42.0 Å². The molecular weight excluding hydrogens is 380 g/mol. The topological polar surface area (TPSA) is 82.9 Å². The number of aromatic amines is 1. The lowest BCUT2D eigenvalue weighted by molar-refractivity contribution is 0.324. The predicted octanol–water partition coefficient (Wildman–Crippen LogP) is 3.52. The summed E-state index contributed by atoms with van der Waals surface area (Å²) in [6, 6.07) is 11.1. The zero-order valence-corrected chi connectivity index (χ0v) is 16.7. The molecule has 0 amide bonds. The van der Waals surface area contributed by atoms with Crippen molar-refractivity contribution in [3.8, 4) is 34.4 Å². The molecule has 9 heteroatoms. The van der Waals surface area contributed by atoms with Gasteiger partial charge in [-0.25, -0.2) is 5.10 Å². The number of hydrogen-bond donors (Lipinski definition) is 1. The normalized spacial score (nSPS) is 10.9. The van der Waals surface area contributed by atoms with E-state index < -0.39 is 0 Å². The van der Waals surface area contributed by atoms with Crippen LogP contribution in [-0.4, -0.2) is 49.5 Å². The minimum absolute atomic E-state index is 0.350. The zero-order chi connectivity index (χ0) is 20.1. The van der Waals surface area contributed by atoms with Gasteiger partial charge in [0.1, 0.15) is 5.75 Å². The molecule has 1 N–H and O–H groups in total. The van der Waals surface area contributed by atoms with Gasteiger partial charge < -0.3 is 18.9 Å². The first-order valence-electron chi connectivity index (χ1n) is 8.27. The van der Waals surface area contributed by atoms with Gasteiger partial charge in [-0.2, -0.15) is 14.9 Å². The van der Waals surface area contributed by atoms with Gasteiger partial charge in [0.25, 0.3) is 0 Å². The van der Waals surface area contributed by atoms with Crippen molar-refractivity contribution in [3.05, 3.63) is 46.7 Å². The van der Waals surface area contributed by atoms with Crippen LogP contribution in [0.1, 0.15) is 5.56 Å². The Morgan fingerprint density at radius 1 is 1.00 bits per heavy atom. The fourth-order valence-electron chi connectivity index (χ4n) is 2.64. The van der Waals surface area contributed by atoms with E-state index in [4.69, 9.17) is 31.2 Å². The average molecular weight is 400 g/mol. The summed E-state index contributed by atoms with van der Waals surface area (Å²) in [7, 11) is 6.28. The minimum Gasteiger partial charge on any atom is -0.497 e. The zero-order valence-electron chi connectivity index (χ0n) is 15.9.